The molecule has 0 spiro atoms. The summed E-state index contributed by atoms with van der Waals surface area (Å²) in [5, 5.41) is 1.64. The summed E-state index contributed by atoms with van der Waals surface area (Å²) in [6, 6.07) is 30.1. The standard InChI is InChI=1S/C37H30N4O5/c1-3-43-29-14-10-25(11-15-29)32-22-28-18-20-38-23-33(28)40(32)45-36-31-19-21-39-24-34(31)41(46-37(42)27-8-6-5-7-9-27)35(36)26-12-16-30(17-13-26)44-4-2/h5-24H,3-4H2,1-2H3. The number of hydrogen-bond donors (Lipinski definition) is 0. The number of nitrogens with zero attached hydrogens (tertiary/aromatic N) is 4. The lowest BCUT2D eigenvalue weighted by Crippen LogP contribution is -2.20. The predicted molar refractivity (Wildman–Crippen MR) is 176 cm³/mol. The van der Waals surface area contributed by atoms with Gasteiger partial charge in [0, 0.05) is 28.9 Å². The second-order valence-corrected chi connectivity index (χ2v) is 10.4. The Labute approximate surface area is 265 Å². The number of benzene rings is 3. The summed E-state index contributed by atoms with van der Waals surface area (Å²) in [5.74, 6) is 1.45. The first-order chi connectivity index (χ1) is 22.6. The van der Waals surface area contributed by atoms with Gasteiger partial charge in [0.05, 0.1) is 42.3 Å². The highest BCUT2D eigenvalue weighted by molar-refractivity contribution is 5.97. The van der Waals surface area contributed by atoms with Crippen molar-refractivity contribution in [3.05, 3.63) is 127 Å². The molecule has 0 N–H and O–H groups in total. The smallest absolute Gasteiger partial charge is 0.363 e. The van der Waals surface area contributed by atoms with Crippen LogP contribution in [0.4, 0.5) is 0 Å². The Hall–Kier alpha value is -6.09. The fraction of sp³-hybridized carbons (Fsp3) is 0.108. The lowest BCUT2D eigenvalue weighted by molar-refractivity contribution is 0.0487. The molecule has 4 aromatic heterocycles. The molecule has 0 radical (unpaired) electrons. The number of hydrogen-bond acceptors (Lipinski definition) is 7. The van der Waals surface area contributed by atoms with Gasteiger partial charge in [-0.15, -0.1) is 0 Å². The van der Waals surface area contributed by atoms with Crippen LogP contribution in [0.15, 0.2) is 122 Å². The van der Waals surface area contributed by atoms with Crippen LogP contribution in [0.3, 0.4) is 0 Å². The summed E-state index contributed by atoms with van der Waals surface area (Å²) in [5.41, 5.74) is 4.73. The molecule has 0 fully saturated rings. The van der Waals surface area contributed by atoms with Crippen molar-refractivity contribution >= 4 is 27.8 Å². The van der Waals surface area contributed by atoms with Gasteiger partial charge < -0.3 is 19.1 Å². The zero-order valence-electron chi connectivity index (χ0n) is 25.3. The molecule has 7 rings (SSSR count). The van der Waals surface area contributed by atoms with E-state index in [1.165, 1.54) is 4.73 Å². The Morgan fingerprint density at radius 2 is 1.33 bits per heavy atom. The van der Waals surface area contributed by atoms with Crippen molar-refractivity contribution in [1.82, 2.24) is 19.4 Å². The zero-order valence-corrected chi connectivity index (χ0v) is 25.3. The van der Waals surface area contributed by atoms with E-state index in [9.17, 15) is 4.79 Å². The maximum atomic E-state index is 13.4. The molecule has 9 heteroatoms. The minimum Gasteiger partial charge on any atom is -0.494 e. The third kappa shape index (κ3) is 5.39. The molecule has 0 saturated carbocycles. The summed E-state index contributed by atoms with van der Waals surface area (Å²) in [4.78, 5) is 35.2. The van der Waals surface area contributed by atoms with Crippen LogP contribution in [0.5, 0.6) is 17.2 Å². The highest BCUT2D eigenvalue weighted by Crippen LogP contribution is 2.41. The van der Waals surface area contributed by atoms with Crippen LogP contribution in [0, 0.1) is 0 Å². The molecule has 46 heavy (non-hydrogen) atoms. The highest BCUT2D eigenvalue weighted by Gasteiger charge is 2.26. The van der Waals surface area contributed by atoms with E-state index in [4.69, 9.17) is 19.1 Å². The molecule has 4 heterocycles. The molecule has 0 saturated heterocycles. The van der Waals surface area contributed by atoms with E-state index in [-0.39, 0.29) is 0 Å². The minimum absolute atomic E-state index is 0.411. The van der Waals surface area contributed by atoms with Crippen molar-refractivity contribution in [1.29, 1.82) is 0 Å². The Bertz CT molecular complexity index is 2140. The van der Waals surface area contributed by atoms with E-state index in [1.54, 1.807) is 53.8 Å². The predicted octanol–water partition coefficient (Wildman–Crippen LogP) is 7.63. The number of aromatic nitrogens is 4. The van der Waals surface area contributed by atoms with E-state index >= 15 is 0 Å². The fourth-order valence-electron chi connectivity index (χ4n) is 5.40. The summed E-state index contributed by atoms with van der Waals surface area (Å²) in [6.07, 6.45) is 6.85. The van der Waals surface area contributed by atoms with Crippen LogP contribution < -0.4 is 19.1 Å². The average molecular weight is 611 g/mol. The van der Waals surface area contributed by atoms with E-state index in [2.05, 4.69) is 16.0 Å². The molecule has 228 valence electrons. The molecule has 0 amide bonds. The molecule has 0 aliphatic carbocycles. The van der Waals surface area contributed by atoms with Gasteiger partial charge in [-0.05, 0) is 92.7 Å². The lowest BCUT2D eigenvalue weighted by Gasteiger charge is -2.15. The van der Waals surface area contributed by atoms with E-state index in [0.717, 1.165) is 39.2 Å². The molecule has 7 aromatic rings. The van der Waals surface area contributed by atoms with E-state index in [0.29, 0.717) is 41.1 Å². The number of rotatable bonds is 10. The summed E-state index contributed by atoms with van der Waals surface area (Å²) in [6.45, 7) is 5.01. The van der Waals surface area contributed by atoms with Crippen LogP contribution in [-0.2, 0) is 0 Å². The van der Waals surface area contributed by atoms with Gasteiger partial charge in [0.15, 0.2) is 5.75 Å². The van der Waals surface area contributed by atoms with Crippen LogP contribution in [-0.4, -0.2) is 38.6 Å². The minimum atomic E-state index is -0.522. The number of ether oxygens (including phenoxy) is 2. The summed E-state index contributed by atoms with van der Waals surface area (Å²) < 4.78 is 14.6. The molecule has 0 atom stereocenters. The van der Waals surface area contributed by atoms with Crippen molar-refractivity contribution in [3.8, 4) is 39.8 Å². The van der Waals surface area contributed by atoms with Gasteiger partial charge in [0.25, 0.3) is 0 Å². The molecule has 3 aromatic carbocycles. The molecule has 0 aliphatic rings. The Balaban J connectivity index is 1.43. The third-order valence-electron chi connectivity index (χ3n) is 7.51. The van der Waals surface area contributed by atoms with Gasteiger partial charge in [-0.25, -0.2) is 4.79 Å². The molecular weight excluding hydrogens is 580 g/mol. The number of fused-ring (bicyclic) bond motifs is 2. The maximum Gasteiger partial charge on any atom is 0.363 e. The Kier molecular flexibility index (Phi) is 7.78. The first-order valence-corrected chi connectivity index (χ1v) is 15.0. The van der Waals surface area contributed by atoms with Gasteiger partial charge in [-0.1, -0.05) is 18.2 Å². The summed E-state index contributed by atoms with van der Waals surface area (Å²) in [7, 11) is 0. The number of carbonyl (C=O) groups is 1. The first-order valence-electron chi connectivity index (χ1n) is 15.0. The molecule has 0 aliphatic heterocycles. The maximum absolute atomic E-state index is 13.4. The quantitative estimate of drug-likeness (QED) is 0.157. The first kappa shape index (κ1) is 28.7. The Morgan fingerprint density at radius 3 is 2.00 bits per heavy atom. The van der Waals surface area contributed by atoms with E-state index in [1.807, 2.05) is 80.6 Å². The second-order valence-electron chi connectivity index (χ2n) is 10.4. The SMILES string of the molecule is CCOc1ccc(-c2cc3ccncc3n2Oc2c(-c3ccc(OCC)cc3)n(OC(=O)c3ccccc3)c3cnccc23)cc1. The number of carbonyl (C=O) groups excluding carboxylic acids is 1. The largest absolute Gasteiger partial charge is 0.494 e. The van der Waals surface area contributed by atoms with Crippen molar-refractivity contribution in [2.24, 2.45) is 0 Å². The van der Waals surface area contributed by atoms with Crippen LogP contribution in [0.1, 0.15) is 24.2 Å². The van der Waals surface area contributed by atoms with Gasteiger partial charge in [0.1, 0.15) is 28.2 Å². The normalized spacial score (nSPS) is 11.1. The molecular formula is C37H30N4O5. The van der Waals surface area contributed by atoms with Crippen molar-refractivity contribution in [3.63, 3.8) is 0 Å². The van der Waals surface area contributed by atoms with Crippen LogP contribution in [0.25, 0.3) is 44.3 Å². The monoisotopic (exact) mass is 610 g/mol. The topological polar surface area (TPSA) is 89.6 Å². The average Bonchev–Trinajstić information content (AvgIpc) is 3.62. The molecule has 9 nitrogen and oxygen atoms in total. The Morgan fingerprint density at radius 1 is 0.696 bits per heavy atom. The highest BCUT2D eigenvalue weighted by atomic mass is 16.7. The van der Waals surface area contributed by atoms with Gasteiger partial charge in [0.2, 0.25) is 0 Å². The molecule has 0 unspecified atom stereocenters. The second kappa shape index (κ2) is 12.5. The van der Waals surface area contributed by atoms with E-state index < -0.39 is 5.97 Å². The lowest BCUT2D eigenvalue weighted by atomic mass is 10.1. The zero-order chi connectivity index (χ0) is 31.5. The number of pyridine rings is 2. The van der Waals surface area contributed by atoms with Crippen molar-refractivity contribution in [2.75, 3.05) is 13.2 Å². The molecule has 0 bridgehead atoms. The van der Waals surface area contributed by atoms with Gasteiger partial charge in [-0.3, -0.25) is 9.97 Å². The van der Waals surface area contributed by atoms with Crippen molar-refractivity contribution in [2.45, 2.75) is 13.8 Å². The summed E-state index contributed by atoms with van der Waals surface area (Å²) >= 11 is 0. The van der Waals surface area contributed by atoms with Crippen LogP contribution in [0.2, 0.25) is 0 Å². The van der Waals surface area contributed by atoms with Crippen LogP contribution >= 0.6 is 0 Å². The third-order valence-corrected chi connectivity index (χ3v) is 7.51. The van der Waals surface area contributed by atoms with Gasteiger partial charge in [-0.2, -0.15) is 9.46 Å². The fourth-order valence-corrected chi connectivity index (χ4v) is 5.40. The van der Waals surface area contributed by atoms with Crippen molar-refractivity contribution < 1.29 is 23.9 Å². The van der Waals surface area contributed by atoms with Gasteiger partial charge >= 0.3 is 5.97 Å².